The van der Waals surface area contributed by atoms with Crippen molar-refractivity contribution in [1.82, 2.24) is 10.3 Å². The number of hydrogen-bond acceptors (Lipinski definition) is 7. The average Bonchev–Trinajstić information content (AvgIpc) is 3.42. The number of ether oxygens (including phenoxy) is 2. The van der Waals surface area contributed by atoms with Gasteiger partial charge in [0.1, 0.15) is 0 Å². The second-order valence-electron chi connectivity index (χ2n) is 6.99. The fraction of sp³-hybridized carbons (Fsp3) is 0.0909. The third-order valence-electron chi connectivity index (χ3n) is 4.82. The minimum Gasteiger partial charge on any atom is -0.454 e. The van der Waals surface area contributed by atoms with Crippen LogP contribution >= 0.6 is 11.3 Å². The Balaban J connectivity index is 1.30. The molecule has 0 bridgehead atoms. The topological polar surface area (TPSA) is 107 Å². The number of rotatable bonds is 6. The molecule has 32 heavy (non-hydrogen) atoms. The molecular weight excluding hydrogens is 450 g/mol. The van der Waals surface area contributed by atoms with E-state index in [1.54, 1.807) is 36.4 Å². The predicted octanol–water partition coefficient (Wildman–Crippen LogP) is 3.76. The summed E-state index contributed by atoms with van der Waals surface area (Å²) in [7, 11) is -3.73. The first kappa shape index (κ1) is 20.3. The van der Waals surface area contributed by atoms with Gasteiger partial charge >= 0.3 is 0 Å². The van der Waals surface area contributed by atoms with Crippen molar-refractivity contribution in [3.05, 3.63) is 77.9 Å². The first-order valence-electron chi connectivity index (χ1n) is 9.63. The smallest absolute Gasteiger partial charge is 0.263 e. The van der Waals surface area contributed by atoms with Crippen LogP contribution in [0, 0.1) is 0 Å². The maximum absolute atomic E-state index is 12.6. The van der Waals surface area contributed by atoms with Crippen molar-refractivity contribution in [3.8, 4) is 11.5 Å². The zero-order valence-corrected chi connectivity index (χ0v) is 18.2. The lowest BCUT2D eigenvalue weighted by Gasteiger charge is -2.06. The van der Waals surface area contributed by atoms with E-state index in [4.69, 9.17) is 9.47 Å². The van der Waals surface area contributed by atoms with E-state index in [1.807, 2.05) is 18.2 Å². The van der Waals surface area contributed by atoms with E-state index in [-0.39, 0.29) is 22.7 Å². The summed E-state index contributed by atoms with van der Waals surface area (Å²) in [6.07, 6.45) is 0. The number of amides is 1. The molecular formula is C22H17N3O5S2. The fourth-order valence-electron chi connectivity index (χ4n) is 3.22. The number of thiazole rings is 1. The van der Waals surface area contributed by atoms with Crippen LogP contribution in [0.1, 0.15) is 15.9 Å². The molecule has 4 aromatic rings. The molecule has 2 heterocycles. The number of aromatic nitrogens is 1. The number of carbonyl (C=O) groups is 1. The molecule has 3 aromatic carbocycles. The minimum absolute atomic E-state index is 0.155. The summed E-state index contributed by atoms with van der Waals surface area (Å²) in [5.41, 5.74) is 1.95. The molecule has 0 saturated carbocycles. The monoisotopic (exact) mass is 467 g/mol. The molecule has 162 valence electrons. The Morgan fingerprint density at radius 3 is 2.66 bits per heavy atom. The van der Waals surface area contributed by atoms with Crippen molar-refractivity contribution < 1.29 is 22.7 Å². The van der Waals surface area contributed by atoms with Gasteiger partial charge in [0.15, 0.2) is 16.6 Å². The summed E-state index contributed by atoms with van der Waals surface area (Å²) < 4.78 is 38.9. The Kier molecular flexibility index (Phi) is 5.16. The molecule has 1 aliphatic heterocycles. The van der Waals surface area contributed by atoms with Crippen LogP contribution in [0.5, 0.6) is 11.5 Å². The molecule has 0 aliphatic carbocycles. The van der Waals surface area contributed by atoms with E-state index in [2.05, 4.69) is 15.0 Å². The Morgan fingerprint density at radius 2 is 1.81 bits per heavy atom. The Morgan fingerprint density at radius 1 is 1.00 bits per heavy atom. The van der Waals surface area contributed by atoms with Crippen LogP contribution in [0.2, 0.25) is 0 Å². The predicted molar refractivity (Wildman–Crippen MR) is 121 cm³/mol. The fourth-order valence-corrected chi connectivity index (χ4v) is 5.38. The summed E-state index contributed by atoms with van der Waals surface area (Å²) in [4.78, 5) is 17.1. The van der Waals surface area contributed by atoms with Crippen LogP contribution in [0.3, 0.4) is 0 Å². The van der Waals surface area contributed by atoms with Crippen molar-refractivity contribution >= 4 is 42.6 Å². The van der Waals surface area contributed by atoms with Gasteiger partial charge in [-0.25, -0.2) is 13.4 Å². The summed E-state index contributed by atoms with van der Waals surface area (Å²) >= 11 is 1.17. The molecule has 0 radical (unpaired) electrons. The zero-order chi connectivity index (χ0) is 22.1. The number of benzene rings is 3. The maximum atomic E-state index is 12.6. The third kappa shape index (κ3) is 4.10. The van der Waals surface area contributed by atoms with E-state index in [0.717, 1.165) is 5.56 Å². The standard InChI is InChI=1S/C22H17N3O5S2/c26-21(23-12-14-6-9-18-19(10-14)30-13-29-18)15-7-8-17-20(11-15)31-22(24-17)25-32(27,28)16-4-2-1-3-5-16/h1-11H,12-13H2,(H,23,26)(H,24,25). The number of carbonyl (C=O) groups excluding carboxylic acids is 1. The molecule has 0 unspecified atom stereocenters. The first-order valence-corrected chi connectivity index (χ1v) is 11.9. The van der Waals surface area contributed by atoms with Gasteiger partial charge in [-0.2, -0.15) is 0 Å². The lowest BCUT2D eigenvalue weighted by atomic mass is 10.1. The van der Waals surface area contributed by atoms with Gasteiger partial charge in [-0.15, -0.1) is 0 Å². The van der Waals surface area contributed by atoms with Crippen LogP contribution in [0.25, 0.3) is 10.2 Å². The Labute approximate surface area is 187 Å². The highest BCUT2D eigenvalue weighted by atomic mass is 32.2. The van der Waals surface area contributed by atoms with E-state index < -0.39 is 10.0 Å². The molecule has 1 amide bonds. The number of nitrogens with one attached hydrogen (secondary N) is 2. The molecule has 1 aromatic heterocycles. The number of hydrogen-bond donors (Lipinski definition) is 2. The van der Waals surface area contributed by atoms with Crippen LogP contribution < -0.4 is 19.5 Å². The van der Waals surface area contributed by atoms with Gasteiger partial charge in [-0.3, -0.25) is 9.52 Å². The molecule has 0 atom stereocenters. The number of nitrogens with zero attached hydrogens (tertiary/aromatic N) is 1. The first-order chi connectivity index (χ1) is 15.5. The number of sulfonamides is 1. The maximum Gasteiger partial charge on any atom is 0.263 e. The van der Waals surface area contributed by atoms with E-state index >= 15 is 0 Å². The average molecular weight is 468 g/mol. The second-order valence-corrected chi connectivity index (χ2v) is 9.70. The van der Waals surface area contributed by atoms with Crippen molar-refractivity contribution in [3.63, 3.8) is 0 Å². The molecule has 10 heteroatoms. The lowest BCUT2D eigenvalue weighted by molar-refractivity contribution is 0.0951. The number of fused-ring (bicyclic) bond motifs is 2. The normalized spacial score (nSPS) is 12.6. The zero-order valence-electron chi connectivity index (χ0n) is 16.6. The van der Waals surface area contributed by atoms with Gasteiger partial charge in [-0.1, -0.05) is 35.6 Å². The van der Waals surface area contributed by atoms with Gasteiger partial charge in [0.25, 0.3) is 15.9 Å². The lowest BCUT2D eigenvalue weighted by Crippen LogP contribution is -2.22. The third-order valence-corrected chi connectivity index (χ3v) is 7.23. The molecule has 0 saturated heterocycles. The highest BCUT2D eigenvalue weighted by Crippen LogP contribution is 2.32. The van der Waals surface area contributed by atoms with Crippen LogP contribution in [0.15, 0.2) is 71.6 Å². The summed E-state index contributed by atoms with van der Waals surface area (Å²) in [5.74, 6) is 1.10. The molecule has 2 N–H and O–H groups in total. The largest absolute Gasteiger partial charge is 0.454 e. The summed E-state index contributed by atoms with van der Waals surface area (Å²) in [6.45, 7) is 0.530. The summed E-state index contributed by atoms with van der Waals surface area (Å²) in [6, 6.07) is 18.6. The minimum atomic E-state index is -3.73. The van der Waals surface area contributed by atoms with E-state index in [1.165, 1.54) is 23.5 Å². The quantitative estimate of drug-likeness (QED) is 0.447. The van der Waals surface area contributed by atoms with Crippen LogP contribution in [0.4, 0.5) is 5.13 Å². The Hall–Kier alpha value is -3.63. The SMILES string of the molecule is O=C(NCc1ccc2c(c1)OCO2)c1ccc2nc(NS(=O)(=O)c3ccccc3)sc2c1. The van der Waals surface area contributed by atoms with Crippen molar-refractivity contribution in [1.29, 1.82) is 0 Å². The van der Waals surface area contributed by atoms with E-state index in [0.29, 0.717) is 33.8 Å². The van der Waals surface area contributed by atoms with Gasteiger partial charge in [0.05, 0.1) is 15.1 Å². The summed E-state index contributed by atoms with van der Waals surface area (Å²) in [5, 5.41) is 3.11. The van der Waals surface area contributed by atoms with Crippen LogP contribution in [-0.4, -0.2) is 26.1 Å². The van der Waals surface area contributed by atoms with Crippen molar-refractivity contribution in [2.75, 3.05) is 11.5 Å². The molecule has 1 aliphatic rings. The van der Waals surface area contributed by atoms with Gasteiger partial charge in [0.2, 0.25) is 6.79 Å². The molecule has 5 rings (SSSR count). The molecule has 0 spiro atoms. The van der Waals surface area contributed by atoms with Crippen LogP contribution in [-0.2, 0) is 16.6 Å². The van der Waals surface area contributed by atoms with Gasteiger partial charge < -0.3 is 14.8 Å². The van der Waals surface area contributed by atoms with Crippen molar-refractivity contribution in [2.45, 2.75) is 11.4 Å². The highest BCUT2D eigenvalue weighted by Gasteiger charge is 2.17. The van der Waals surface area contributed by atoms with Gasteiger partial charge in [-0.05, 0) is 48.0 Å². The Bertz CT molecular complexity index is 1420. The highest BCUT2D eigenvalue weighted by molar-refractivity contribution is 7.93. The molecule has 8 nitrogen and oxygen atoms in total. The number of anilines is 1. The molecule has 0 fully saturated rings. The van der Waals surface area contributed by atoms with E-state index in [9.17, 15) is 13.2 Å². The second kappa shape index (κ2) is 8.13. The van der Waals surface area contributed by atoms with Crippen molar-refractivity contribution in [2.24, 2.45) is 0 Å². The van der Waals surface area contributed by atoms with Gasteiger partial charge in [0, 0.05) is 12.1 Å².